The molecule has 5 heteroatoms. The maximum absolute atomic E-state index is 6.22. The Morgan fingerprint density at radius 1 is 1.42 bits per heavy atom. The van der Waals surface area contributed by atoms with Crippen LogP contribution < -0.4 is 10.6 Å². The third kappa shape index (κ3) is 2.71. The van der Waals surface area contributed by atoms with Crippen molar-refractivity contribution in [3.8, 4) is 0 Å². The molecule has 2 heterocycles. The zero-order valence-corrected chi connectivity index (χ0v) is 12.7. The quantitative estimate of drug-likeness (QED) is 0.876. The molecule has 108 valence electrons. The number of nitrogen functional groups attached to an aromatic ring is 1. The number of aromatic nitrogens is 2. The van der Waals surface area contributed by atoms with Crippen LogP contribution in [-0.4, -0.2) is 47.4 Å². The standard InChI is InChI=1S/C14H27N5/c1-5-12-13(15)14(18(4)16-12)17(3)10-11-8-7-9-19(11)6-2/h11H,5-10,15H2,1-4H3. The van der Waals surface area contributed by atoms with Crippen LogP contribution in [0.15, 0.2) is 0 Å². The smallest absolute Gasteiger partial charge is 0.150 e. The average Bonchev–Trinajstić information content (AvgIpc) is 2.93. The first kappa shape index (κ1) is 14.2. The van der Waals surface area contributed by atoms with E-state index < -0.39 is 0 Å². The van der Waals surface area contributed by atoms with Crippen molar-refractivity contribution in [3.05, 3.63) is 5.69 Å². The van der Waals surface area contributed by atoms with E-state index >= 15 is 0 Å². The second kappa shape index (κ2) is 5.82. The average molecular weight is 265 g/mol. The first-order chi connectivity index (χ1) is 9.08. The predicted octanol–water partition coefficient (Wildman–Crippen LogP) is 1.49. The van der Waals surface area contributed by atoms with Crippen LogP contribution in [-0.2, 0) is 13.5 Å². The van der Waals surface area contributed by atoms with Crippen molar-refractivity contribution in [3.63, 3.8) is 0 Å². The number of hydrogen-bond donors (Lipinski definition) is 1. The van der Waals surface area contributed by atoms with Crippen LogP contribution in [0, 0.1) is 0 Å². The van der Waals surface area contributed by atoms with Crippen LogP contribution >= 0.6 is 0 Å². The van der Waals surface area contributed by atoms with Gasteiger partial charge in [0.15, 0.2) is 0 Å². The lowest BCUT2D eigenvalue weighted by molar-refractivity contribution is 0.270. The largest absolute Gasteiger partial charge is 0.394 e. The summed E-state index contributed by atoms with van der Waals surface area (Å²) in [6, 6.07) is 0.648. The molecule has 1 aromatic heterocycles. The van der Waals surface area contributed by atoms with Gasteiger partial charge in [-0.25, -0.2) is 0 Å². The van der Waals surface area contributed by atoms with Crippen molar-refractivity contribution in [2.75, 3.05) is 37.3 Å². The molecule has 1 unspecified atom stereocenters. The summed E-state index contributed by atoms with van der Waals surface area (Å²) >= 11 is 0. The molecule has 19 heavy (non-hydrogen) atoms. The minimum Gasteiger partial charge on any atom is -0.394 e. The van der Waals surface area contributed by atoms with E-state index in [9.17, 15) is 0 Å². The number of nitrogens with zero attached hydrogens (tertiary/aromatic N) is 4. The summed E-state index contributed by atoms with van der Waals surface area (Å²) < 4.78 is 1.92. The van der Waals surface area contributed by atoms with Crippen LogP contribution in [0.4, 0.5) is 11.5 Å². The van der Waals surface area contributed by atoms with E-state index in [1.54, 1.807) is 0 Å². The molecule has 1 fully saturated rings. The lowest BCUT2D eigenvalue weighted by Crippen LogP contribution is -2.39. The summed E-state index contributed by atoms with van der Waals surface area (Å²) in [5.74, 6) is 1.06. The fourth-order valence-corrected chi connectivity index (χ4v) is 3.22. The van der Waals surface area contributed by atoms with Gasteiger partial charge in [0.2, 0.25) is 0 Å². The molecule has 1 aromatic rings. The Labute approximate surface area is 116 Å². The van der Waals surface area contributed by atoms with Gasteiger partial charge < -0.3 is 10.6 Å². The molecule has 0 radical (unpaired) electrons. The number of hydrogen-bond acceptors (Lipinski definition) is 4. The van der Waals surface area contributed by atoms with Crippen molar-refractivity contribution in [1.82, 2.24) is 14.7 Å². The lowest BCUT2D eigenvalue weighted by atomic mass is 10.2. The molecule has 0 spiro atoms. The molecule has 1 aliphatic rings. The van der Waals surface area contributed by atoms with Gasteiger partial charge in [-0.05, 0) is 32.4 Å². The topological polar surface area (TPSA) is 50.3 Å². The van der Waals surface area contributed by atoms with E-state index in [1.807, 2.05) is 11.7 Å². The summed E-state index contributed by atoms with van der Waals surface area (Å²) in [5.41, 5.74) is 8.06. The number of rotatable bonds is 5. The van der Waals surface area contributed by atoms with Crippen molar-refractivity contribution < 1.29 is 0 Å². The van der Waals surface area contributed by atoms with Crippen molar-refractivity contribution in [2.45, 2.75) is 39.2 Å². The minimum absolute atomic E-state index is 0.648. The third-order valence-corrected chi connectivity index (χ3v) is 4.22. The number of aryl methyl sites for hydroxylation is 2. The van der Waals surface area contributed by atoms with E-state index in [0.29, 0.717) is 6.04 Å². The van der Waals surface area contributed by atoms with E-state index in [2.05, 4.69) is 35.8 Å². The molecule has 5 nitrogen and oxygen atoms in total. The molecular formula is C14H27N5. The summed E-state index contributed by atoms with van der Waals surface area (Å²) in [5, 5.41) is 4.50. The molecule has 0 bridgehead atoms. The van der Waals surface area contributed by atoms with Gasteiger partial charge in [0.1, 0.15) is 5.82 Å². The Morgan fingerprint density at radius 3 is 2.74 bits per heavy atom. The highest BCUT2D eigenvalue weighted by atomic mass is 15.4. The van der Waals surface area contributed by atoms with E-state index in [1.165, 1.54) is 19.4 Å². The minimum atomic E-state index is 0.648. The second-order valence-electron chi connectivity index (χ2n) is 5.47. The number of anilines is 2. The van der Waals surface area contributed by atoms with Gasteiger partial charge in [-0.15, -0.1) is 0 Å². The molecule has 1 atom stereocenters. The Kier molecular flexibility index (Phi) is 4.34. The molecule has 0 saturated carbocycles. The van der Waals surface area contributed by atoms with Crippen LogP contribution in [0.1, 0.15) is 32.4 Å². The van der Waals surface area contributed by atoms with Gasteiger partial charge in [0.05, 0.1) is 11.4 Å². The van der Waals surface area contributed by atoms with Crippen LogP contribution in [0.2, 0.25) is 0 Å². The van der Waals surface area contributed by atoms with Crippen LogP contribution in [0.5, 0.6) is 0 Å². The Balaban J connectivity index is 2.11. The number of likely N-dealkylation sites (N-methyl/N-ethyl adjacent to an activating group) is 2. The molecule has 0 amide bonds. The summed E-state index contributed by atoms with van der Waals surface area (Å²) in [6.07, 6.45) is 3.49. The molecule has 2 N–H and O–H groups in total. The normalized spacial score (nSPS) is 20.1. The van der Waals surface area contributed by atoms with E-state index in [4.69, 9.17) is 5.73 Å². The zero-order valence-electron chi connectivity index (χ0n) is 12.7. The van der Waals surface area contributed by atoms with Crippen molar-refractivity contribution in [1.29, 1.82) is 0 Å². The number of likely N-dealkylation sites (tertiary alicyclic amines) is 1. The van der Waals surface area contributed by atoms with Gasteiger partial charge >= 0.3 is 0 Å². The van der Waals surface area contributed by atoms with Gasteiger partial charge in [0.25, 0.3) is 0 Å². The van der Waals surface area contributed by atoms with Crippen molar-refractivity contribution in [2.24, 2.45) is 7.05 Å². The number of nitrogens with two attached hydrogens (primary N) is 1. The first-order valence-corrected chi connectivity index (χ1v) is 7.35. The van der Waals surface area contributed by atoms with Gasteiger partial charge in [-0.2, -0.15) is 5.10 Å². The zero-order chi connectivity index (χ0) is 14.0. The molecule has 0 aliphatic carbocycles. The summed E-state index contributed by atoms with van der Waals surface area (Å²) in [6.45, 7) is 7.74. The first-order valence-electron chi connectivity index (χ1n) is 7.35. The molecule has 2 rings (SSSR count). The summed E-state index contributed by atoms with van der Waals surface area (Å²) in [7, 11) is 4.10. The molecule has 0 aromatic carbocycles. The maximum atomic E-state index is 6.22. The third-order valence-electron chi connectivity index (χ3n) is 4.22. The predicted molar refractivity (Wildman–Crippen MR) is 80.5 cm³/mol. The lowest BCUT2D eigenvalue weighted by Gasteiger charge is -2.29. The van der Waals surface area contributed by atoms with E-state index in [-0.39, 0.29) is 0 Å². The fourth-order valence-electron chi connectivity index (χ4n) is 3.22. The fraction of sp³-hybridized carbons (Fsp3) is 0.786. The highest BCUT2D eigenvalue weighted by Crippen LogP contribution is 2.27. The Morgan fingerprint density at radius 2 is 2.16 bits per heavy atom. The molecule has 1 aliphatic heterocycles. The summed E-state index contributed by atoms with van der Waals surface area (Å²) in [4.78, 5) is 4.82. The maximum Gasteiger partial charge on any atom is 0.150 e. The Hall–Kier alpha value is -1.23. The van der Waals surface area contributed by atoms with Gasteiger partial charge in [0, 0.05) is 26.7 Å². The van der Waals surface area contributed by atoms with Crippen LogP contribution in [0.3, 0.4) is 0 Å². The Bertz CT molecular complexity index is 426. The SMILES string of the molecule is CCc1nn(C)c(N(C)CC2CCCN2CC)c1N. The van der Waals surface area contributed by atoms with Crippen LogP contribution in [0.25, 0.3) is 0 Å². The highest BCUT2D eigenvalue weighted by Gasteiger charge is 2.26. The van der Waals surface area contributed by atoms with E-state index in [0.717, 1.165) is 36.7 Å². The molecule has 1 saturated heterocycles. The van der Waals surface area contributed by atoms with Crippen molar-refractivity contribution >= 4 is 11.5 Å². The van der Waals surface area contributed by atoms with Gasteiger partial charge in [-0.3, -0.25) is 9.58 Å². The van der Waals surface area contributed by atoms with Gasteiger partial charge in [-0.1, -0.05) is 13.8 Å². The monoisotopic (exact) mass is 265 g/mol. The second-order valence-corrected chi connectivity index (χ2v) is 5.47. The molecular weight excluding hydrogens is 238 g/mol. The highest BCUT2D eigenvalue weighted by molar-refractivity contribution is 5.66.